The summed E-state index contributed by atoms with van der Waals surface area (Å²) in [6.07, 6.45) is 6.03. The minimum absolute atomic E-state index is 0.0362. The molecular formula is C17H20N6O2S. The van der Waals surface area contributed by atoms with Gasteiger partial charge in [-0.25, -0.2) is 18.5 Å². The summed E-state index contributed by atoms with van der Waals surface area (Å²) in [6.45, 7) is 1.74. The summed E-state index contributed by atoms with van der Waals surface area (Å²) in [5.74, 6) is 0.986. The van der Waals surface area contributed by atoms with Gasteiger partial charge in [-0.3, -0.25) is 0 Å². The molecule has 8 nitrogen and oxygen atoms in total. The third-order valence-electron chi connectivity index (χ3n) is 4.23. The van der Waals surface area contributed by atoms with Gasteiger partial charge >= 0.3 is 0 Å². The van der Waals surface area contributed by atoms with Crippen LogP contribution in [0.25, 0.3) is 0 Å². The van der Waals surface area contributed by atoms with Crippen LogP contribution >= 0.6 is 0 Å². The number of sulfonamides is 1. The van der Waals surface area contributed by atoms with E-state index in [1.54, 1.807) is 12.1 Å². The highest BCUT2D eigenvalue weighted by Crippen LogP contribution is 2.23. The first-order valence-electron chi connectivity index (χ1n) is 8.39. The average Bonchev–Trinajstić information content (AvgIpc) is 2.91. The van der Waals surface area contributed by atoms with Crippen molar-refractivity contribution in [3.63, 3.8) is 0 Å². The van der Waals surface area contributed by atoms with Crippen molar-refractivity contribution in [3.05, 3.63) is 36.0 Å². The third kappa shape index (κ3) is 4.28. The van der Waals surface area contributed by atoms with Crippen LogP contribution in [0.15, 0.2) is 35.4 Å². The number of nitrogens with two attached hydrogens (primary N) is 1. The van der Waals surface area contributed by atoms with E-state index in [1.807, 2.05) is 0 Å². The lowest BCUT2D eigenvalue weighted by Gasteiger charge is -2.22. The van der Waals surface area contributed by atoms with Gasteiger partial charge < -0.3 is 10.2 Å². The summed E-state index contributed by atoms with van der Waals surface area (Å²) in [4.78, 5) is 10.9. The lowest BCUT2D eigenvalue weighted by atomic mass is 10.2. The molecule has 1 aliphatic heterocycles. The Bertz CT molecular complexity index is 913. The topological polar surface area (TPSA) is 125 Å². The molecule has 0 radical (unpaired) electrons. The van der Waals surface area contributed by atoms with Crippen molar-refractivity contribution in [2.24, 2.45) is 5.14 Å². The highest BCUT2D eigenvalue weighted by Gasteiger charge is 2.17. The molecule has 0 saturated carbocycles. The second-order valence-electron chi connectivity index (χ2n) is 6.14. The Morgan fingerprint density at radius 1 is 1.12 bits per heavy atom. The van der Waals surface area contributed by atoms with Gasteiger partial charge in [-0.2, -0.15) is 10.2 Å². The zero-order valence-corrected chi connectivity index (χ0v) is 15.0. The van der Waals surface area contributed by atoms with Crippen LogP contribution in [0.2, 0.25) is 0 Å². The highest BCUT2D eigenvalue weighted by molar-refractivity contribution is 7.89. The molecule has 0 atom stereocenters. The predicted molar refractivity (Wildman–Crippen MR) is 98.5 cm³/mol. The first kappa shape index (κ1) is 18.1. The SMILES string of the molecule is N#Cc1cnc(Nc2ccc(S(N)(=O)=O)cc2)nc1N1CCCCCC1. The molecule has 1 aliphatic rings. The summed E-state index contributed by atoms with van der Waals surface area (Å²) in [6, 6.07) is 8.16. The van der Waals surface area contributed by atoms with Gasteiger partial charge in [0.1, 0.15) is 11.6 Å². The maximum Gasteiger partial charge on any atom is 0.238 e. The van der Waals surface area contributed by atoms with Crippen molar-refractivity contribution in [2.45, 2.75) is 30.6 Å². The smallest absolute Gasteiger partial charge is 0.238 e. The molecule has 2 heterocycles. The molecule has 136 valence electrons. The molecule has 0 aliphatic carbocycles. The first-order chi connectivity index (χ1) is 12.5. The van der Waals surface area contributed by atoms with E-state index in [2.05, 4.69) is 26.3 Å². The monoisotopic (exact) mass is 372 g/mol. The van der Waals surface area contributed by atoms with Crippen molar-refractivity contribution >= 4 is 27.5 Å². The van der Waals surface area contributed by atoms with Crippen LogP contribution in [0.1, 0.15) is 31.2 Å². The van der Waals surface area contributed by atoms with E-state index in [0.717, 1.165) is 25.9 Å². The fourth-order valence-electron chi connectivity index (χ4n) is 2.89. The van der Waals surface area contributed by atoms with Crippen molar-refractivity contribution in [1.82, 2.24) is 9.97 Å². The normalized spacial score (nSPS) is 15.2. The second-order valence-corrected chi connectivity index (χ2v) is 7.70. The van der Waals surface area contributed by atoms with E-state index in [1.165, 1.54) is 31.2 Å². The van der Waals surface area contributed by atoms with Crippen molar-refractivity contribution < 1.29 is 8.42 Å². The maximum atomic E-state index is 11.3. The third-order valence-corrected chi connectivity index (χ3v) is 5.16. The molecule has 9 heteroatoms. The number of nitrogens with one attached hydrogen (secondary N) is 1. The van der Waals surface area contributed by atoms with Gasteiger partial charge in [0.05, 0.1) is 11.1 Å². The number of aromatic nitrogens is 2. The molecule has 26 heavy (non-hydrogen) atoms. The summed E-state index contributed by atoms with van der Waals surface area (Å²) in [5, 5.41) is 17.5. The average molecular weight is 372 g/mol. The van der Waals surface area contributed by atoms with Gasteiger partial charge in [-0.15, -0.1) is 0 Å². The van der Waals surface area contributed by atoms with Crippen LogP contribution in [0.3, 0.4) is 0 Å². The number of nitriles is 1. The van der Waals surface area contributed by atoms with E-state index >= 15 is 0 Å². The number of nitrogens with zero attached hydrogens (tertiary/aromatic N) is 4. The van der Waals surface area contributed by atoms with Gasteiger partial charge in [0.25, 0.3) is 0 Å². The Balaban J connectivity index is 1.84. The standard InChI is InChI=1S/C17H20N6O2S/c18-11-13-12-20-17(22-16(13)23-9-3-1-2-4-10-23)21-14-5-7-15(8-6-14)26(19,24)25/h5-8,12H,1-4,9-10H2,(H2,19,24,25)(H,20,21,22). The second kappa shape index (κ2) is 7.68. The largest absolute Gasteiger partial charge is 0.355 e. The molecule has 1 fully saturated rings. The number of anilines is 3. The molecule has 1 aromatic heterocycles. The number of rotatable bonds is 4. The Kier molecular flexibility index (Phi) is 5.35. The summed E-state index contributed by atoms with van der Waals surface area (Å²) in [5.41, 5.74) is 1.07. The van der Waals surface area contributed by atoms with E-state index < -0.39 is 10.0 Å². The zero-order chi connectivity index (χ0) is 18.6. The summed E-state index contributed by atoms with van der Waals surface area (Å²) >= 11 is 0. The summed E-state index contributed by atoms with van der Waals surface area (Å²) in [7, 11) is -3.73. The summed E-state index contributed by atoms with van der Waals surface area (Å²) < 4.78 is 22.6. The number of benzene rings is 1. The molecule has 1 saturated heterocycles. The molecule has 1 aromatic carbocycles. The minimum atomic E-state index is -3.73. The Labute approximate surface area is 152 Å². The van der Waals surface area contributed by atoms with Gasteiger partial charge in [0.2, 0.25) is 16.0 Å². The van der Waals surface area contributed by atoms with Crippen LogP contribution in [-0.4, -0.2) is 31.5 Å². The Hall–Kier alpha value is -2.70. The zero-order valence-electron chi connectivity index (χ0n) is 14.2. The van der Waals surface area contributed by atoms with E-state index in [9.17, 15) is 13.7 Å². The lowest BCUT2D eigenvalue weighted by Crippen LogP contribution is -2.26. The molecule has 0 bridgehead atoms. The van der Waals surface area contributed by atoms with Crippen molar-refractivity contribution in [2.75, 3.05) is 23.3 Å². The van der Waals surface area contributed by atoms with Gasteiger partial charge in [-0.05, 0) is 37.1 Å². The quantitative estimate of drug-likeness (QED) is 0.842. The number of hydrogen-bond acceptors (Lipinski definition) is 7. The molecule has 0 spiro atoms. The van der Waals surface area contributed by atoms with Crippen molar-refractivity contribution in [1.29, 1.82) is 5.26 Å². The molecule has 3 N–H and O–H groups in total. The van der Waals surface area contributed by atoms with Crippen LogP contribution < -0.4 is 15.4 Å². The molecule has 3 rings (SSSR count). The molecular weight excluding hydrogens is 352 g/mol. The van der Waals surface area contributed by atoms with Crippen molar-refractivity contribution in [3.8, 4) is 6.07 Å². The molecule has 0 amide bonds. The van der Waals surface area contributed by atoms with E-state index in [0.29, 0.717) is 23.0 Å². The number of hydrogen-bond donors (Lipinski definition) is 2. The Morgan fingerprint density at radius 2 is 1.77 bits per heavy atom. The molecule has 2 aromatic rings. The number of primary sulfonamides is 1. The fourth-order valence-corrected chi connectivity index (χ4v) is 3.41. The van der Waals surface area contributed by atoms with Crippen LogP contribution in [-0.2, 0) is 10.0 Å². The first-order valence-corrected chi connectivity index (χ1v) is 9.94. The Morgan fingerprint density at radius 3 is 2.35 bits per heavy atom. The van der Waals surface area contributed by atoms with Crippen LogP contribution in [0.4, 0.5) is 17.5 Å². The highest BCUT2D eigenvalue weighted by atomic mass is 32.2. The van der Waals surface area contributed by atoms with Gasteiger partial charge in [0, 0.05) is 18.8 Å². The van der Waals surface area contributed by atoms with Gasteiger partial charge in [0.15, 0.2) is 5.82 Å². The minimum Gasteiger partial charge on any atom is -0.355 e. The van der Waals surface area contributed by atoms with Crippen LogP contribution in [0.5, 0.6) is 0 Å². The molecule has 0 unspecified atom stereocenters. The maximum absolute atomic E-state index is 11.3. The lowest BCUT2D eigenvalue weighted by molar-refractivity contribution is 0.598. The van der Waals surface area contributed by atoms with E-state index in [4.69, 9.17) is 5.14 Å². The predicted octanol–water partition coefficient (Wildman–Crippen LogP) is 2.12. The van der Waals surface area contributed by atoms with E-state index in [-0.39, 0.29) is 4.90 Å². The fraction of sp³-hybridized carbons (Fsp3) is 0.353. The van der Waals surface area contributed by atoms with Gasteiger partial charge in [-0.1, -0.05) is 12.8 Å². The van der Waals surface area contributed by atoms with Crippen LogP contribution in [0, 0.1) is 11.3 Å².